The van der Waals surface area contributed by atoms with Crippen LogP contribution in [0.25, 0.3) is 0 Å². The second kappa shape index (κ2) is 9.09. The lowest BCUT2D eigenvalue weighted by molar-refractivity contribution is -0.306. The van der Waals surface area contributed by atoms with Gasteiger partial charge >= 0.3 is 11.9 Å². The number of rotatable bonds is 4. The summed E-state index contributed by atoms with van der Waals surface area (Å²) in [5, 5.41) is 24.0. The predicted molar refractivity (Wildman–Crippen MR) is 138 cm³/mol. The summed E-state index contributed by atoms with van der Waals surface area (Å²) in [7, 11) is 1.41. The molecule has 2 bridgehead atoms. The summed E-state index contributed by atoms with van der Waals surface area (Å²) >= 11 is 0. The molecule has 3 aliphatic carbocycles. The molecule has 1 aliphatic heterocycles. The molecule has 2 N–H and O–H groups in total. The molecule has 5 rings (SSSR count). The molecule has 0 unspecified atom stereocenters. The number of ether oxygens (including phenoxy) is 4. The van der Waals surface area contributed by atoms with Gasteiger partial charge < -0.3 is 29.2 Å². The van der Waals surface area contributed by atoms with Gasteiger partial charge in [0, 0.05) is 25.9 Å². The number of hydrogen-bond acceptors (Lipinski definition) is 9. The highest BCUT2D eigenvalue weighted by molar-refractivity contribution is 5.95. The molecule has 1 heterocycles. The first kappa shape index (κ1) is 27.7. The van der Waals surface area contributed by atoms with Crippen molar-refractivity contribution in [1.82, 2.24) is 0 Å². The molecule has 1 saturated carbocycles. The smallest absolute Gasteiger partial charge is 0.338 e. The average Bonchev–Trinajstić information content (AvgIpc) is 2.87. The Balaban J connectivity index is 1.81. The molecule has 4 aliphatic rings. The van der Waals surface area contributed by atoms with E-state index in [9.17, 15) is 24.6 Å². The van der Waals surface area contributed by atoms with Gasteiger partial charge in [-0.1, -0.05) is 44.2 Å². The standard InChI is InChI=1S/C30H36O9/c1-16-19(32)14-30(35)25(38-26(34)18-10-8-7-9-11-18)23-28(5,24(33)22(36-6)21(16)27(30,3)4)13-12-20-29(23,15-37-20)39-17(2)31/h7-13,19-20,22-23,25,32,35H,14-15H2,1-6H3/t19-,20+,22+,23-,25-,28+,29-,30+/m0/s1. The maximum absolute atomic E-state index is 14.5. The largest absolute Gasteiger partial charge is 0.455 e. The Morgan fingerprint density at radius 3 is 2.36 bits per heavy atom. The lowest BCUT2D eigenvalue weighted by atomic mass is 9.46. The number of Topliss-reactive ketones (excluding diaryl/α,β-unsaturated/α-hetero) is 1. The van der Waals surface area contributed by atoms with E-state index in [1.54, 1.807) is 70.2 Å². The summed E-state index contributed by atoms with van der Waals surface area (Å²) < 4.78 is 23.8. The number of fused-ring (bicyclic) bond motifs is 5. The first-order chi connectivity index (χ1) is 18.2. The van der Waals surface area contributed by atoms with Crippen LogP contribution in [0, 0.1) is 16.7 Å². The minimum atomic E-state index is -1.90. The van der Waals surface area contributed by atoms with E-state index in [1.807, 2.05) is 0 Å². The van der Waals surface area contributed by atoms with Gasteiger partial charge in [0.15, 0.2) is 11.4 Å². The lowest BCUT2D eigenvalue weighted by Crippen LogP contribution is -2.78. The molecule has 0 aromatic heterocycles. The normalized spacial score (nSPS) is 40.4. The van der Waals surface area contributed by atoms with E-state index in [2.05, 4.69) is 0 Å². The number of allylic oxidation sites excluding steroid dienone is 1. The number of esters is 2. The molecule has 1 aromatic rings. The van der Waals surface area contributed by atoms with Crippen LogP contribution in [0.4, 0.5) is 0 Å². The van der Waals surface area contributed by atoms with E-state index in [0.717, 1.165) is 0 Å². The first-order valence-corrected chi connectivity index (χ1v) is 13.2. The molecule has 2 fully saturated rings. The van der Waals surface area contributed by atoms with Crippen molar-refractivity contribution < 1.29 is 43.5 Å². The van der Waals surface area contributed by atoms with Gasteiger partial charge in [0.2, 0.25) is 0 Å². The third-order valence-corrected chi connectivity index (χ3v) is 9.56. The molecule has 39 heavy (non-hydrogen) atoms. The van der Waals surface area contributed by atoms with Crippen molar-refractivity contribution in [2.75, 3.05) is 13.7 Å². The molecule has 8 atom stereocenters. The third kappa shape index (κ3) is 3.70. The quantitative estimate of drug-likeness (QED) is 0.437. The molecule has 0 amide bonds. The Hall–Kier alpha value is -2.85. The highest BCUT2D eigenvalue weighted by Crippen LogP contribution is 2.62. The van der Waals surface area contributed by atoms with E-state index in [4.69, 9.17) is 18.9 Å². The van der Waals surface area contributed by atoms with Crippen molar-refractivity contribution in [3.63, 3.8) is 0 Å². The highest BCUT2D eigenvalue weighted by Gasteiger charge is 2.75. The molecular weight excluding hydrogens is 504 g/mol. The Morgan fingerprint density at radius 1 is 1.13 bits per heavy atom. The van der Waals surface area contributed by atoms with E-state index >= 15 is 0 Å². The molecule has 9 nitrogen and oxygen atoms in total. The van der Waals surface area contributed by atoms with Crippen molar-refractivity contribution in [3.8, 4) is 0 Å². The molecule has 9 heteroatoms. The molecule has 1 saturated heterocycles. The van der Waals surface area contributed by atoms with Gasteiger partial charge in [0.25, 0.3) is 0 Å². The van der Waals surface area contributed by atoms with Gasteiger partial charge in [0.1, 0.15) is 23.9 Å². The van der Waals surface area contributed by atoms with Crippen molar-refractivity contribution in [3.05, 3.63) is 59.2 Å². The number of hydrogen-bond donors (Lipinski definition) is 2. The monoisotopic (exact) mass is 540 g/mol. The van der Waals surface area contributed by atoms with Gasteiger partial charge in [-0.15, -0.1) is 0 Å². The van der Waals surface area contributed by atoms with Crippen LogP contribution >= 0.6 is 0 Å². The van der Waals surface area contributed by atoms with Crippen LogP contribution in [0.5, 0.6) is 0 Å². The maximum Gasteiger partial charge on any atom is 0.338 e. The zero-order valence-electron chi connectivity index (χ0n) is 23.1. The van der Waals surface area contributed by atoms with E-state index in [-0.39, 0.29) is 24.4 Å². The van der Waals surface area contributed by atoms with Crippen LogP contribution < -0.4 is 0 Å². The number of aliphatic hydroxyl groups is 2. The predicted octanol–water partition coefficient (Wildman–Crippen LogP) is 2.54. The van der Waals surface area contributed by atoms with Crippen molar-refractivity contribution in [2.24, 2.45) is 16.7 Å². The topological polar surface area (TPSA) is 129 Å². The molecule has 0 spiro atoms. The van der Waals surface area contributed by atoms with E-state index in [0.29, 0.717) is 11.1 Å². The number of ketones is 1. The lowest BCUT2D eigenvalue weighted by Gasteiger charge is -2.65. The zero-order valence-corrected chi connectivity index (χ0v) is 23.1. The van der Waals surface area contributed by atoms with E-state index in [1.165, 1.54) is 14.0 Å². The summed E-state index contributed by atoms with van der Waals surface area (Å²) in [5.74, 6) is -2.73. The van der Waals surface area contributed by atoms with Crippen LogP contribution in [-0.2, 0) is 28.5 Å². The number of carbonyl (C=O) groups excluding carboxylic acids is 3. The second-order valence-corrected chi connectivity index (χ2v) is 11.9. The summed E-state index contributed by atoms with van der Waals surface area (Å²) in [4.78, 5) is 40.6. The van der Waals surface area contributed by atoms with Crippen LogP contribution in [0.1, 0.15) is 51.4 Å². The Morgan fingerprint density at radius 2 is 1.79 bits per heavy atom. The minimum Gasteiger partial charge on any atom is -0.455 e. The number of methoxy groups -OCH3 is 1. The maximum atomic E-state index is 14.5. The fourth-order valence-corrected chi connectivity index (χ4v) is 7.40. The van der Waals surface area contributed by atoms with Crippen LogP contribution in [-0.4, -0.2) is 77.3 Å². The average molecular weight is 541 g/mol. The molecule has 0 radical (unpaired) electrons. The fraction of sp³-hybridized carbons (Fsp3) is 0.567. The highest BCUT2D eigenvalue weighted by atomic mass is 16.6. The van der Waals surface area contributed by atoms with Gasteiger partial charge in [-0.2, -0.15) is 0 Å². The SMILES string of the molecule is CO[C@H]1C(=O)[C@]2(C)C=C[C@H]3OC[C@@]3(OC(C)=O)[C@H]2[C@H](OC(=O)c2ccccc2)[C@]2(O)C[C@H](O)C(C)=C1C2(C)C. The second-order valence-electron chi connectivity index (χ2n) is 11.9. The third-order valence-electron chi connectivity index (χ3n) is 9.56. The number of benzene rings is 1. The first-order valence-electron chi connectivity index (χ1n) is 13.2. The van der Waals surface area contributed by atoms with Gasteiger partial charge in [-0.05, 0) is 37.1 Å². The molecular formula is C30H36O9. The number of carbonyl (C=O) groups is 3. The molecule has 1 aromatic carbocycles. The summed E-state index contributed by atoms with van der Waals surface area (Å²) in [6.45, 7) is 8.13. The van der Waals surface area contributed by atoms with Gasteiger partial charge in [-0.25, -0.2) is 4.79 Å². The summed E-state index contributed by atoms with van der Waals surface area (Å²) in [6.07, 6.45) is -1.16. The molecule has 210 valence electrons. The Bertz CT molecular complexity index is 1270. The Kier molecular flexibility index (Phi) is 6.46. The van der Waals surface area contributed by atoms with Crippen LogP contribution in [0.15, 0.2) is 53.6 Å². The summed E-state index contributed by atoms with van der Waals surface area (Å²) in [5.41, 5.74) is -4.69. The fourth-order valence-electron chi connectivity index (χ4n) is 7.40. The Labute approximate surface area is 227 Å². The van der Waals surface area contributed by atoms with E-state index < -0.39 is 64.3 Å². The van der Waals surface area contributed by atoms with Crippen molar-refractivity contribution in [1.29, 1.82) is 0 Å². The number of aliphatic hydroxyl groups excluding tert-OH is 1. The zero-order chi connectivity index (χ0) is 28.5. The van der Waals surface area contributed by atoms with Crippen molar-refractivity contribution >= 4 is 17.7 Å². The van der Waals surface area contributed by atoms with Crippen LogP contribution in [0.3, 0.4) is 0 Å². The minimum absolute atomic E-state index is 0.0626. The summed E-state index contributed by atoms with van der Waals surface area (Å²) in [6, 6.07) is 8.33. The van der Waals surface area contributed by atoms with Gasteiger partial charge in [0.05, 0.1) is 29.6 Å². The van der Waals surface area contributed by atoms with Crippen molar-refractivity contribution in [2.45, 2.75) is 76.7 Å². The van der Waals surface area contributed by atoms with Gasteiger partial charge in [-0.3, -0.25) is 9.59 Å². The van der Waals surface area contributed by atoms with Crippen LogP contribution in [0.2, 0.25) is 0 Å².